The molecule has 0 atom stereocenters. The average molecular weight is 199 g/mol. The predicted octanol–water partition coefficient (Wildman–Crippen LogP) is 2.29. The molecule has 0 radical (unpaired) electrons. The summed E-state index contributed by atoms with van der Waals surface area (Å²) in [5, 5.41) is 0.392. The van der Waals surface area contributed by atoms with E-state index in [1.165, 1.54) is 6.20 Å². The van der Waals surface area contributed by atoms with Gasteiger partial charge in [0.25, 0.3) is 0 Å². The molecule has 0 unspecified atom stereocenters. The third-order valence-corrected chi connectivity index (χ3v) is 1.28. The first-order valence-corrected chi connectivity index (χ1v) is 3.26. The number of aromatic nitrogens is 2. The van der Waals surface area contributed by atoms with Crippen LogP contribution in [0.3, 0.4) is 0 Å². The lowest BCUT2D eigenvalue weighted by molar-refractivity contribution is 1.10. The number of nitrogens with zero attached hydrogens (tertiary/aromatic N) is 2. The third-order valence-electron chi connectivity index (χ3n) is 0.811. The molecule has 1 aromatic heterocycles. The summed E-state index contributed by atoms with van der Waals surface area (Å²) in [6.45, 7) is 0. The molecule has 0 amide bonds. The van der Waals surface area contributed by atoms with Crippen LogP contribution >= 0.6 is 35.6 Å². The van der Waals surface area contributed by atoms with Crippen molar-refractivity contribution in [2.24, 2.45) is 0 Å². The molecule has 0 saturated heterocycles. The highest BCUT2D eigenvalue weighted by molar-refractivity contribution is 6.29. The molecule has 10 heavy (non-hydrogen) atoms. The summed E-state index contributed by atoms with van der Waals surface area (Å²) in [4.78, 5) is 7.64. The fourth-order valence-electron chi connectivity index (χ4n) is 0.408. The van der Waals surface area contributed by atoms with Crippen molar-refractivity contribution in [2.45, 2.75) is 5.88 Å². The summed E-state index contributed by atoms with van der Waals surface area (Å²) in [6.07, 6.45) is 3.02. The Hall–Kier alpha value is -0.0500. The van der Waals surface area contributed by atoms with E-state index in [2.05, 4.69) is 9.97 Å². The van der Waals surface area contributed by atoms with Gasteiger partial charge < -0.3 is 0 Å². The van der Waals surface area contributed by atoms with Gasteiger partial charge in [0.05, 0.1) is 24.0 Å². The van der Waals surface area contributed by atoms with Gasteiger partial charge in [-0.2, -0.15) is 0 Å². The summed E-state index contributed by atoms with van der Waals surface area (Å²) in [6, 6.07) is 0. The molecule has 0 aromatic carbocycles. The van der Waals surface area contributed by atoms with Crippen molar-refractivity contribution in [3.63, 3.8) is 0 Å². The van der Waals surface area contributed by atoms with Gasteiger partial charge in [0, 0.05) is 0 Å². The lowest BCUT2D eigenvalue weighted by atomic mass is 10.5. The normalized spacial score (nSPS) is 8.60. The molecule has 5 heteroatoms. The van der Waals surface area contributed by atoms with Crippen molar-refractivity contribution in [1.82, 2.24) is 9.97 Å². The Morgan fingerprint density at radius 2 is 2.00 bits per heavy atom. The van der Waals surface area contributed by atoms with Gasteiger partial charge in [-0.15, -0.1) is 24.0 Å². The molecule has 0 aliphatic rings. The molecule has 0 aliphatic carbocycles. The largest absolute Gasteiger partial charge is 0.255 e. The van der Waals surface area contributed by atoms with Crippen LogP contribution in [0.1, 0.15) is 5.69 Å². The van der Waals surface area contributed by atoms with Crippen molar-refractivity contribution in [2.75, 3.05) is 0 Å². The van der Waals surface area contributed by atoms with Gasteiger partial charge in [-0.05, 0) is 0 Å². The van der Waals surface area contributed by atoms with Gasteiger partial charge in [-0.1, -0.05) is 11.6 Å². The lowest BCUT2D eigenvalue weighted by Gasteiger charge is -1.90. The Balaban J connectivity index is 0.000000810. The first-order valence-electron chi connectivity index (χ1n) is 2.35. The number of hydrogen-bond donors (Lipinski definition) is 0. The second-order valence-electron chi connectivity index (χ2n) is 1.46. The molecule has 0 saturated carbocycles. The Morgan fingerprint density at radius 1 is 1.30 bits per heavy atom. The average Bonchev–Trinajstić information content (AvgIpc) is 1.90. The molecule has 2 nitrogen and oxygen atoms in total. The van der Waals surface area contributed by atoms with E-state index in [0.717, 1.165) is 5.69 Å². The van der Waals surface area contributed by atoms with E-state index < -0.39 is 0 Å². The van der Waals surface area contributed by atoms with Crippen molar-refractivity contribution in [3.05, 3.63) is 23.2 Å². The molecular weight excluding hydrogens is 194 g/mol. The maximum atomic E-state index is 5.45. The second kappa shape index (κ2) is 4.72. The fourth-order valence-corrected chi connectivity index (χ4v) is 0.644. The molecule has 0 bridgehead atoms. The topological polar surface area (TPSA) is 25.8 Å². The highest BCUT2D eigenvalue weighted by Crippen LogP contribution is 2.02. The Kier molecular flexibility index (Phi) is 4.69. The highest BCUT2D eigenvalue weighted by atomic mass is 35.5. The minimum atomic E-state index is 0. The zero-order valence-corrected chi connectivity index (χ0v) is 7.25. The first-order chi connectivity index (χ1) is 4.33. The number of rotatable bonds is 1. The Morgan fingerprint density at radius 3 is 2.40 bits per heavy atom. The van der Waals surface area contributed by atoms with Crippen LogP contribution in [0.5, 0.6) is 0 Å². The summed E-state index contributed by atoms with van der Waals surface area (Å²) < 4.78 is 0. The van der Waals surface area contributed by atoms with Crippen LogP contribution in [-0.4, -0.2) is 9.97 Å². The number of alkyl halides is 1. The Bertz CT molecular complexity index is 187. The smallest absolute Gasteiger partial charge is 0.147 e. The van der Waals surface area contributed by atoms with E-state index >= 15 is 0 Å². The maximum Gasteiger partial charge on any atom is 0.147 e. The molecule has 0 aliphatic heterocycles. The summed E-state index contributed by atoms with van der Waals surface area (Å²) in [5.74, 6) is 0.379. The van der Waals surface area contributed by atoms with E-state index in [9.17, 15) is 0 Å². The zero-order valence-electron chi connectivity index (χ0n) is 4.92. The molecule has 1 rings (SSSR count). The van der Waals surface area contributed by atoms with Crippen LogP contribution in [0.15, 0.2) is 12.4 Å². The van der Waals surface area contributed by atoms with Gasteiger partial charge in [0.1, 0.15) is 5.15 Å². The molecular formula is C5H5Cl3N2. The fraction of sp³-hybridized carbons (Fsp3) is 0.200. The van der Waals surface area contributed by atoms with E-state index in [1.54, 1.807) is 6.20 Å². The molecule has 56 valence electrons. The quantitative estimate of drug-likeness (QED) is 0.649. The van der Waals surface area contributed by atoms with Crippen molar-refractivity contribution in [3.8, 4) is 0 Å². The summed E-state index contributed by atoms with van der Waals surface area (Å²) in [7, 11) is 0. The SMILES string of the molecule is Cl.ClCc1cnc(Cl)cn1. The highest BCUT2D eigenvalue weighted by Gasteiger charge is 1.90. The van der Waals surface area contributed by atoms with Crippen LogP contribution < -0.4 is 0 Å². The molecule has 0 spiro atoms. The van der Waals surface area contributed by atoms with Gasteiger partial charge >= 0.3 is 0 Å². The lowest BCUT2D eigenvalue weighted by Crippen LogP contribution is -1.85. The standard InChI is InChI=1S/C5H4Cl2N2.ClH/c6-1-4-2-9-5(7)3-8-4;/h2-3H,1H2;1H. The van der Waals surface area contributed by atoms with Crippen LogP contribution in [0.25, 0.3) is 0 Å². The van der Waals surface area contributed by atoms with E-state index in [0.29, 0.717) is 11.0 Å². The monoisotopic (exact) mass is 198 g/mol. The molecule has 0 fully saturated rings. The van der Waals surface area contributed by atoms with E-state index in [-0.39, 0.29) is 12.4 Å². The number of hydrogen-bond acceptors (Lipinski definition) is 2. The van der Waals surface area contributed by atoms with Crippen molar-refractivity contribution >= 4 is 35.6 Å². The van der Waals surface area contributed by atoms with Gasteiger partial charge in [-0.25, -0.2) is 4.98 Å². The minimum absolute atomic E-state index is 0. The van der Waals surface area contributed by atoms with Gasteiger partial charge in [0.15, 0.2) is 0 Å². The molecule has 0 N–H and O–H groups in total. The van der Waals surface area contributed by atoms with Gasteiger partial charge in [0.2, 0.25) is 0 Å². The molecule has 1 heterocycles. The molecule has 1 aromatic rings. The maximum absolute atomic E-state index is 5.45. The summed E-state index contributed by atoms with van der Waals surface area (Å²) >= 11 is 10.9. The van der Waals surface area contributed by atoms with Crippen molar-refractivity contribution in [1.29, 1.82) is 0 Å². The van der Waals surface area contributed by atoms with Crippen LogP contribution in [0.4, 0.5) is 0 Å². The van der Waals surface area contributed by atoms with Crippen LogP contribution in [-0.2, 0) is 5.88 Å². The third kappa shape index (κ3) is 2.69. The Labute approximate surface area is 75.0 Å². The van der Waals surface area contributed by atoms with E-state index in [4.69, 9.17) is 23.2 Å². The number of halogens is 3. The first kappa shape index (κ1) is 9.95. The van der Waals surface area contributed by atoms with Gasteiger partial charge in [-0.3, -0.25) is 4.98 Å². The van der Waals surface area contributed by atoms with Crippen LogP contribution in [0.2, 0.25) is 5.15 Å². The van der Waals surface area contributed by atoms with Crippen molar-refractivity contribution < 1.29 is 0 Å². The zero-order chi connectivity index (χ0) is 6.69. The van der Waals surface area contributed by atoms with Crippen LogP contribution in [0, 0.1) is 0 Å². The minimum Gasteiger partial charge on any atom is -0.255 e. The summed E-state index contributed by atoms with van der Waals surface area (Å²) in [5.41, 5.74) is 0.737. The second-order valence-corrected chi connectivity index (χ2v) is 2.12. The predicted molar refractivity (Wildman–Crippen MR) is 43.8 cm³/mol. The van der Waals surface area contributed by atoms with E-state index in [1.807, 2.05) is 0 Å².